The zero-order valence-corrected chi connectivity index (χ0v) is 13.3. The third-order valence-electron chi connectivity index (χ3n) is 3.70. The van der Waals surface area contributed by atoms with E-state index in [1.165, 1.54) is 0 Å². The molecule has 5 heteroatoms. The molecule has 0 aliphatic heterocycles. The molecule has 1 N–H and O–H groups in total. The summed E-state index contributed by atoms with van der Waals surface area (Å²) >= 11 is 0. The molecule has 0 fully saturated rings. The minimum atomic E-state index is -0.745. The van der Waals surface area contributed by atoms with Gasteiger partial charge in [-0.3, -0.25) is 4.79 Å². The molecule has 0 aliphatic carbocycles. The SMILES string of the molecule is O=C(O)CCCCCOc1ccc(-c2nc3ccccc3o2)cc1. The highest BCUT2D eigenvalue weighted by molar-refractivity contribution is 5.76. The Morgan fingerprint density at radius 1 is 1.04 bits per heavy atom. The van der Waals surface area contributed by atoms with Crippen molar-refractivity contribution in [2.45, 2.75) is 25.7 Å². The highest BCUT2D eigenvalue weighted by Gasteiger charge is 2.07. The number of oxazole rings is 1. The minimum Gasteiger partial charge on any atom is -0.494 e. The summed E-state index contributed by atoms with van der Waals surface area (Å²) in [5, 5.41) is 8.57. The average Bonchev–Trinajstić information content (AvgIpc) is 3.02. The smallest absolute Gasteiger partial charge is 0.303 e. The summed E-state index contributed by atoms with van der Waals surface area (Å²) in [4.78, 5) is 14.9. The number of ether oxygens (including phenoxy) is 1. The summed E-state index contributed by atoms with van der Waals surface area (Å²) < 4.78 is 11.4. The largest absolute Gasteiger partial charge is 0.494 e. The van der Waals surface area contributed by atoms with E-state index in [9.17, 15) is 4.79 Å². The lowest BCUT2D eigenvalue weighted by atomic mass is 10.2. The maximum Gasteiger partial charge on any atom is 0.303 e. The number of carboxylic acid groups (broad SMARTS) is 1. The van der Waals surface area contributed by atoms with E-state index in [0.29, 0.717) is 18.9 Å². The zero-order chi connectivity index (χ0) is 16.8. The lowest BCUT2D eigenvalue weighted by Crippen LogP contribution is -1.99. The number of hydrogen-bond acceptors (Lipinski definition) is 4. The number of benzene rings is 2. The van der Waals surface area contributed by atoms with E-state index < -0.39 is 5.97 Å². The molecule has 0 radical (unpaired) electrons. The molecule has 0 atom stereocenters. The Kier molecular flexibility index (Phi) is 5.11. The van der Waals surface area contributed by atoms with E-state index in [1.54, 1.807) is 0 Å². The number of para-hydroxylation sites is 2. The molecule has 124 valence electrons. The van der Waals surface area contributed by atoms with Crippen LogP contribution in [0.1, 0.15) is 25.7 Å². The maximum atomic E-state index is 10.4. The summed E-state index contributed by atoms with van der Waals surface area (Å²) in [6.45, 7) is 0.585. The molecular formula is C19H19NO4. The van der Waals surface area contributed by atoms with Crippen LogP contribution in [0.4, 0.5) is 0 Å². The first-order valence-corrected chi connectivity index (χ1v) is 8.03. The van der Waals surface area contributed by atoms with Crippen molar-refractivity contribution in [3.8, 4) is 17.2 Å². The van der Waals surface area contributed by atoms with Crippen LogP contribution in [-0.4, -0.2) is 22.7 Å². The van der Waals surface area contributed by atoms with Gasteiger partial charge in [0.25, 0.3) is 0 Å². The number of nitrogens with zero attached hydrogens (tertiary/aromatic N) is 1. The van der Waals surface area contributed by atoms with Gasteiger partial charge in [-0.05, 0) is 55.7 Å². The minimum absolute atomic E-state index is 0.221. The van der Waals surface area contributed by atoms with E-state index in [0.717, 1.165) is 35.3 Å². The van der Waals surface area contributed by atoms with E-state index in [4.69, 9.17) is 14.3 Å². The fourth-order valence-electron chi connectivity index (χ4n) is 2.43. The molecule has 0 aliphatic rings. The number of aromatic nitrogens is 1. The summed E-state index contributed by atoms with van der Waals surface area (Å²) in [5.74, 6) is 0.634. The van der Waals surface area contributed by atoms with Crippen molar-refractivity contribution in [1.29, 1.82) is 0 Å². The number of aliphatic carboxylic acids is 1. The lowest BCUT2D eigenvalue weighted by molar-refractivity contribution is -0.137. The van der Waals surface area contributed by atoms with Crippen molar-refractivity contribution in [3.63, 3.8) is 0 Å². The van der Waals surface area contributed by atoms with Gasteiger partial charge >= 0.3 is 5.97 Å². The molecule has 0 amide bonds. The van der Waals surface area contributed by atoms with Crippen molar-refractivity contribution in [1.82, 2.24) is 4.98 Å². The first-order valence-electron chi connectivity index (χ1n) is 8.03. The molecule has 3 rings (SSSR count). The summed E-state index contributed by atoms with van der Waals surface area (Å²) in [7, 11) is 0. The van der Waals surface area contributed by atoms with Crippen LogP contribution in [-0.2, 0) is 4.79 Å². The van der Waals surface area contributed by atoms with E-state index in [-0.39, 0.29) is 6.42 Å². The van der Waals surface area contributed by atoms with Crippen LogP contribution in [0.5, 0.6) is 5.75 Å². The molecule has 24 heavy (non-hydrogen) atoms. The van der Waals surface area contributed by atoms with Gasteiger partial charge in [0.15, 0.2) is 5.58 Å². The van der Waals surface area contributed by atoms with Crippen molar-refractivity contribution in [2.75, 3.05) is 6.61 Å². The van der Waals surface area contributed by atoms with Gasteiger partial charge in [0.05, 0.1) is 6.61 Å². The normalized spacial score (nSPS) is 10.8. The fourth-order valence-corrected chi connectivity index (χ4v) is 2.43. The predicted molar refractivity (Wildman–Crippen MR) is 91.0 cm³/mol. The molecule has 2 aromatic carbocycles. The zero-order valence-electron chi connectivity index (χ0n) is 13.3. The van der Waals surface area contributed by atoms with Gasteiger partial charge in [0, 0.05) is 12.0 Å². The van der Waals surface area contributed by atoms with Crippen molar-refractivity contribution < 1.29 is 19.1 Å². The van der Waals surface area contributed by atoms with Crippen molar-refractivity contribution in [2.24, 2.45) is 0 Å². The van der Waals surface area contributed by atoms with Crippen LogP contribution in [0, 0.1) is 0 Å². The van der Waals surface area contributed by atoms with Crippen LogP contribution in [0.15, 0.2) is 52.9 Å². The van der Waals surface area contributed by atoms with Gasteiger partial charge in [-0.25, -0.2) is 4.98 Å². The van der Waals surface area contributed by atoms with Gasteiger partial charge < -0.3 is 14.3 Å². The van der Waals surface area contributed by atoms with Crippen molar-refractivity contribution in [3.05, 3.63) is 48.5 Å². The molecule has 1 aromatic heterocycles. The van der Waals surface area contributed by atoms with Crippen LogP contribution in [0.25, 0.3) is 22.6 Å². The number of unbranched alkanes of at least 4 members (excludes halogenated alkanes) is 2. The van der Waals surface area contributed by atoms with Crippen LogP contribution < -0.4 is 4.74 Å². The highest BCUT2D eigenvalue weighted by atomic mass is 16.5. The quantitative estimate of drug-likeness (QED) is 0.616. The number of fused-ring (bicyclic) bond motifs is 1. The second kappa shape index (κ2) is 7.64. The Balaban J connectivity index is 1.52. The average molecular weight is 325 g/mol. The first-order chi connectivity index (χ1) is 11.7. The first kappa shape index (κ1) is 16.1. The number of carboxylic acids is 1. The summed E-state index contributed by atoms with van der Waals surface area (Å²) in [6, 6.07) is 15.3. The monoisotopic (exact) mass is 325 g/mol. The standard InChI is InChI=1S/C19H19NO4/c21-18(22)8-2-1-5-13-23-15-11-9-14(10-12-15)19-20-16-6-3-4-7-17(16)24-19/h3-4,6-7,9-12H,1-2,5,8,13H2,(H,21,22). The lowest BCUT2D eigenvalue weighted by Gasteiger charge is -2.06. The molecular weight excluding hydrogens is 306 g/mol. The maximum absolute atomic E-state index is 10.4. The van der Waals surface area contributed by atoms with Crippen LogP contribution in [0.3, 0.4) is 0 Å². The predicted octanol–water partition coefficient (Wildman–Crippen LogP) is 4.52. The topological polar surface area (TPSA) is 72.6 Å². The van der Waals surface area contributed by atoms with Gasteiger partial charge in [0.1, 0.15) is 11.3 Å². The van der Waals surface area contributed by atoms with Crippen LogP contribution in [0.2, 0.25) is 0 Å². The molecule has 0 saturated carbocycles. The summed E-state index contributed by atoms with van der Waals surface area (Å²) in [5.41, 5.74) is 2.52. The molecule has 0 unspecified atom stereocenters. The van der Waals surface area contributed by atoms with Gasteiger partial charge in [-0.15, -0.1) is 0 Å². The Bertz CT molecular complexity index is 775. The number of hydrogen-bond donors (Lipinski definition) is 1. The molecule has 5 nitrogen and oxygen atoms in total. The second-order valence-corrected chi connectivity index (χ2v) is 5.56. The van der Waals surface area contributed by atoms with E-state index in [2.05, 4.69) is 4.98 Å². The van der Waals surface area contributed by atoms with Gasteiger partial charge in [-0.2, -0.15) is 0 Å². The van der Waals surface area contributed by atoms with E-state index in [1.807, 2.05) is 48.5 Å². The Morgan fingerprint density at radius 3 is 2.58 bits per heavy atom. The molecule has 0 bridgehead atoms. The molecule has 0 spiro atoms. The Hall–Kier alpha value is -2.82. The Labute approximate surface area is 139 Å². The third-order valence-corrected chi connectivity index (χ3v) is 3.70. The molecule has 1 heterocycles. The van der Waals surface area contributed by atoms with Gasteiger partial charge in [-0.1, -0.05) is 12.1 Å². The summed E-state index contributed by atoms with van der Waals surface area (Å²) in [6.07, 6.45) is 2.61. The van der Waals surface area contributed by atoms with Crippen LogP contribution >= 0.6 is 0 Å². The fraction of sp³-hybridized carbons (Fsp3) is 0.263. The third kappa shape index (κ3) is 4.13. The number of carbonyl (C=O) groups is 1. The molecule has 3 aromatic rings. The number of rotatable bonds is 8. The molecule has 0 saturated heterocycles. The Morgan fingerprint density at radius 2 is 1.83 bits per heavy atom. The van der Waals surface area contributed by atoms with Gasteiger partial charge in [0.2, 0.25) is 5.89 Å². The van der Waals surface area contributed by atoms with Crippen molar-refractivity contribution >= 4 is 17.1 Å². The van der Waals surface area contributed by atoms with E-state index >= 15 is 0 Å². The highest BCUT2D eigenvalue weighted by Crippen LogP contribution is 2.25. The second-order valence-electron chi connectivity index (χ2n) is 5.56.